The average molecular weight is 434 g/mol. The van der Waals surface area contributed by atoms with Gasteiger partial charge in [0.2, 0.25) is 5.43 Å². The fourth-order valence-corrected chi connectivity index (χ4v) is 4.18. The largest absolute Gasteiger partial charge is 0.355 e. The lowest BCUT2D eigenvalue weighted by Crippen LogP contribution is -2.54. The number of anilines is 1. The standard InChI is InChI=1S/C21H25ClFN5O2/c1-13-7-14(19(23)9-18(13)22)10-24-21(30)28(15-4-5-15)16-3-2-6-27(12-16)20-8-17(29)11-25-26-20/h7-9,11,15-16H,2-6,10,12H2,1H3,(H,24,30)(H,26,29)/t16-/m1/s1. The fraction of sp³-hybridized carbons (Fsp3) is 0.476. The summed E-state index contributed by atoms with van der Waals surface area (Å²) < 4.78 is 14.2. The van der Waals surface area contributed by atoms with Gasteiger partial charge in [0.25, 0.3) is 0 Å². The molecule has 0 bridgehead atoms. The third-order valence-corrected chi connectivity index (χ3v) is 6.12. The number of nitrogens with one attached hydrogen (secondary N) is 2. The zero-order chi connectivity index (χ0) is 21.3. The third kappa shape index (κ3) is 4.59. The molecule has 4 rings (SSSR count). The van der Waals surface area contributed by atoms with E-state index >= 15 is 0 Å². The van der Waals surface area contributed by atoms with Gasteiger partial charge in [0.15, 0.2) is 0 Å². The first kappa shape index (κ1) is 20.7. The molecule has 0 unspecified atom stereocenters. The van der Waals surface area contributed by atoms with Gasteiger partial charge in [0.1, 0.15) is 11.6 Å². The minimum absolute atomic E-state index is 0.0201. The third-order valence-electron chi connectivity index (χ3n) is 5.71. The van der Waals surface area contributed by atoms with Crippen LogP contribution in [0.3, 0.4) is 0 Å². The Hall–Kier alpha value is -2.61. The van der Waals surface area contributed by atoms with Crippen LogP contribution in [-0.2, 0) is 6.54 Å². The molecule has 9 heteroatoms. The Morgan fingerprint density at radius 1 is 1.33 bits per heavy atom. The van der Waals surface area contributed by atoms with Crippen molar-refractivity contribution in [2.75, 3.05) is 18.0 Å². The number of amides is 2. The number of aryl methyl sites for hydroxylation is 1. The lowest BCUT2D eigenvalue weighted by Gasteiger charge is -2.40. The first-order chi connectivity index (χ1) is 14.4. The molecule has 0 spiro atoms. The van der Waals surface area contributed by atoms with Gasteiger partial charge in [-0.1, -0.05) is 11.6 Å². The monoisotopic (exact) mass is 433 g/mol. The molecule has 1 saturated carbocycles. The molecule has 2 aromatic rings. The number of hydrogen-bond acceptors (Lipinski definition) is 4. The summed E-state index contributed by atoms with van der Waals surface area (Å²) in [5, 5.41) is 10.0. The van der Waals surface area contributed by atoms with Gasteiger partial charge in [-0.3, -0.25) is 9.89 Å². The van der Waals surface area contributed by atoms with Gasteiger partial charge in [-0.15, -0.1) is 0 Å². The number of carbonyl (C=O) groups excluding carboxylic acids is 1. The highest BCUT2D eigenvalue weighted by molar-refractivity contribution is 6.31. The van der Waals surface area contributed by atoms with Gasteiger partial charge in [-0.05, 0) is 50.3 Å². The molecule has 160 valence electrons. The van der Waals surface area contributed by atoms with Crippen LogP contribution in [0.5, 0.6) is 0 Å². The molecule has 1 atom stereocenters. The molecular formula is C21H25ClFN5O2. The zero-order valence-electron chi connectivity index (χ0n) is 16.8. The van der Waals surface area contributed by atoms with Crippen molar-refractivity contribution in [2.24, 2.45) is 0 Å². The van der Waals surface area contributed by atoms with Crippen molar-refractivity contribution < 1.29 is 9.18 Å². The number of halogens is 2. The average Bonchev–Trinajstić information content (AvgIpc) is 3.55. The summed E-state index contributed by atoms with van der Waals surface area (Å²) in [4.78, 5) is 28.6. The Bertz CT molecular complexity index is 994. The predicted molar refractivity (Wildman–Crippen MR) is 113 cm³/mol. The van der Waals surface area contributed by atoms with E-state index in [4.69, 9.17) is 11.6 Å². The number of aromatic nitrogens is 2. The maximum Gasteiger partial charge on any atom is 0.318 e. The van der Waals surface area contributed by atoms with Crippen molar-refractivity contribution in [1.82, 2.24) is 20.4 Å². The molecule has 30 heavy (non-hydrogen) atoms. The number of H-pyrrole nitrogens is 1. The highest BCUT2D eigenvalue weighted by Crippen LogP contribution is 2.32. The molecule has 1 aliphatic carbocycles. The lowest BCUT2D eigenvalue weighted by molar-refractivity contribution is 0.160. The van der Waals surface area contributed by atoms with Crippen LogP contribution in [-0.4, -0.2) is 46.3 Å². The van der Waals surface area contributed by atoms with Crippen LogP contribution in [0.2, 0.25) is 5.02 Å². The Kier molecular flexibility index (Phi) is 5.94. The number of aromatic amines is 1. The van der Waals surface area contributed by atoms with Crippen molar-refractivity contribution in [1.29, 1.82) is 0 Å². The van der Waals surface area contributed by atoms with E-state index in [1.54, 1.807) is 6.07 Å². The summed E-state index contributed by atoms with van der Waals surface area (Å²) in [6.45, 7) is 3.34. The molecule has 2 N–H and O–H groups in total. The van der Waals surface area contributed by atoms with Crippen LogP contribution in [0.1, 0.15) is 36.8 Å². The Morgan fingerprint density at radius 2 is 2.13 bits per heavy atom. The quantitative estimate of drug-likeness (QED) is 0.758. The normalized spacial score (nSPS) is 18.9. The molecule has 7 nitrogen and oxygen atoms in total. The van der Waals surface area contributed by atoms with Gasteiger partial charge in [0, 0.05) is 42.3 Å². The van der Waals surface area contributed by atoms with Crippen molar-refractivity contribution in [2.45, 2.75) is 51.2 Å². The predicted octanol–water partition coefficient (Wildman–Crippen LogP) is 3.21. The molecular weight excluding hydrogens is 409 g/mol. The van der Waals surface area contributed by atoms with E-state index in [1.165, 1.54) is 18.3 Å². The van der Waals surface area contributed by atoms with Crippen LogP contribution < -0.4 is 15.6 Å². The van der Waals surface area contributed by atoms with E-state index in [2.05, 4.69) is 20.4 Å². The topological polar surface area (TPSA) is 81.3 Å². The lowest BCUT2D eigenvalue weighted by atomic mass is 10.0. The van der Waals surface area contributed by atoms with E-state index in [-0.39, 0.29) is 30.1 Å². The highest BCUT2D eigenvalue weighted by Gasteiger charge is 2.39. The SMILES string of the molecule is Cc1cc(CNC(=O)N(C2CC2)[C@@H]2CCCN(c3cc(=O)cn[nH]3)C2)c(F)cc1Cl. The summed E-state index contributed by atoms with van der Waals surface area (Å²) in [5.41, 5.74) is 1.04. The van der Waals surface area contributed by atoms with E-state index < -0.39 is 5.82 Å². The van der Waals surface area contributed by atoms with Crippen molar-refractivity contribution in [3.8, 4) is 0 Å². The van der Waals surface area contributed by atoms with Crippen LogP contribution in [0, 0.1) is 12.7 Å². The van der Waals surface area contributed by atoms with Crippen LogP contribution in [0.4, 0.5) is 15.0 Å². The number of nitrogens with zero attached hydrogens (tertiary/aromatic N) is 3. The number of hydrogen-bond donors (Lipinski definition) is 2. The Balaban J connectivity index is 1.45. The van der Waals surface area contributed by atoms with Crippen molar-refractivity contribution >= 4 is 23.4 Å². The van der Waals surface area contributed by atoms with Crippen LogP contribution >= 0.6 is 11.6 Å². The van der Waals surface area contributed by atoms with Crippen molar-refractivity contribution in [3.05, 3.63) is 56.6 Å². The minimum Gasteiger partial charge on any atom is -0.355 e. The van der Waals surface area contributed by atoms with Gasteiger partial charge in [-0.25, -0.2) is 9.18 Å². The fourth-order valence-electron chi connectivity index (χ4n) is 4.03. The second kappa shape index (κ2) is 8.63. The summed E-state index contributed by atoms with van der Waals surface area (Å²) in [5.74, 6) is 0.246. The van der Waals surface area contributed by atoms with Gasteiger partial charge in [0.05, 0.1) is 12.2 Å². The van der Waals surface area contributed by atoms with E-state index in [0.717, 1.165) is 37.8 Å². The van der Waals surface area contributed by atoms with Crippen LogP contribution in [0.25, 0.3) is 0 Å². The number of urea groups is 1. The molecule has 2 amide bonds. The van der Waals surface area contributed by atoms with Crippen molar-refractivity contribution in [3.63, 3.8) is 0 Å². The highest BCUT2D eigenvalue weighted by atomic mass is 35.5. The smallest absolute Gasteiger partial charge is 0.318 e. The number of rotatable bonds is 5. The maximum absolute atomic E-state index is 14.2. The van der Waals surface area contributed by atoms with Gasteiger partial charge >= 0.3 is 6.03 Å². The van der Waals surface area contributed by atoms with E-state index in [0.29, 0.717) is 22.9 Å². The molecule has 1 saturated heterocycles. The molecule has 1 aromatic heterocycles. The summed E-state index contributed by atoms with van der Waals surface area (Å²) in [7, 11) is 0. The molecule has 2 fully saturated rings. The van der Waals surface area contributed by atoms with E-state index in [1.807, 2.05) is 11.8 Å². The summed E-state index contributed by atoms with van der Waals surface area (Å²) >= 11 is 5.96. The number of benzene rings is 1. The first-order valence-electron chi connectivity index (χ1n) is 10.2. The second-order valence-electron chi connectivity index (χ2n) is 8.03. The number of carbonyl (C=O) groups is 1. The summed E-state index contributed by atoms with van der Waals surface area (Å²) in [6.07, 6.45) is 4.99. The molecule has 1 aliphatic heterocycles. The van der Waals surface area contributed by atoms with Gasteiger partial charge < -0.3 is 15.1 Å². The van der Waals surface area contributed by atoms with Gasteiger partial charge in [-0.2, -0.15) is 5.10 Å². The molecule has 0 radical (unpaired) electrons. The zero-order valence-corrected chi connectivity index (χ0v) is 17.6. The second-order valence-corrected chi connectivity index (χ2v) is 8.44. The van der Waals surface area contributed by atoms with Crippen LogP contribution in [0.15, 0.2) is 29.2 Å². The Morgan fingerprint density at radius 3 is 2.87 bits per heavy atom. The minimum atomic E-state index is -0.423. The Labute approximate surface area is 179 Å². The molecule has 2 aliphatic rings. The summed E-state index contributed by atoms with van der Waals surface area (Å²) in [6, 6.07) is 4.52. The van der Waals surface area contributed by atoms with E-state index in [9.17, 15) is 14.0 Å². The number of piperidine rings is 1. The molecule has 1 aromatic carbocycles. The molecule has 2 heterocycles. The maximum atomic E-state index is 14.2. The first-order valence-corrected chi connectivity index (χ1v) is 10.6.